The molecule has 1 saturated heterocycles. The van der Waals surface area contributed by atoms with Crippen molar-refractivity contribution in [3.05, 3.63) is 65.7 Å². The lowest BCUT2D eigenvalue weighted by atomic mass is 10.0. The molecular weight excluding hydrogens is 408 g/mol. The van der Waals surface area contributed by atoms with E-state index < -0.39 is 24.0 Å². The van der Waals surface area contributed by atoms with Gasteiger partial charge in [0.05, 0.1) is 0 Å². The second kappa shape index (κ2) is 10.8. The number of carbonyl (C=O) groups is 3. The number of nitrogens with one attached hydrogen (secondary N) is 2. The molecule has 2 aromatic carbocycles. The highest BCUT2D eigenvalue weighted by atomic mass is 16.4. The summed E-state index contributed by atoms with van der Waals surface area (Å²) in [6.45, 7) is 5.24. The molecule has 0 aromatic heterocycles. The zero-order chi connectivity index (χ0) is 23.1. The summed E-state index contributed by atoms with van der Waals surface area (Å²) in [4.78, 5) is 41.3. The number of carboxylic acid groups (broad SMARTS) is 1. The second-order valence-corrected chi connectivity index (χ2v) is 8.12. The van der Waals surface area contributed by atoms with Crippen LogP contribution in [0, 0.1) is 0 Å². The maximum absolute atomic E-state index is 12.9. The average molecular weight is 439 g/mol. The molecule has 0 spiro atoms. The van der Waals surface area contributed by atoms with Crippen molar-refractivity contribution in [2.24, 2.45) is 0 Å². The molecule has 8 nitrogen and oxygen atoms in total. The van der Waals surface area contributed by atoms with E-state index in [1.54, 1.807) is 12.1 Å². The van der Waals surface area contributed by atoms with E-state index in [4.69, 9.17) is 5.11 Å². The second-order valence-electron chi connectivity index (χ2n) is 8.12. The molecule has 3 N–H and O–H groups in total. The summed E-state index contributed by atoms with van der Waals surface area (Å²) >= 11 is 0. The Hall–Kier alpha value is -3.39. The van der Waals surface area contributed by atoms with E-state index in [-0.39, 0.29) is 12.3 Å². The van der Waals surface area contributed by atoms with Gasteiger partial charge in [0.15, 0.2) is 0 Å². The predicted molar refractivity (Wildman–Crippen MR) is 123 cm³/mol. The molecule has 1 heterocycles. The molecule has 32 heavy (non-hydrogen) atoms. The lowest BCUT2D eigenvalue weighted by Gasteiger charge is -2.34. The Kier molecular flexibility index (Phi) is 7.83. The van der Waals surface area contributed by atoms with Crippen LogP contribution in [0.3, 0.4) is 0 Å². The van der Waals surface area contributed by atoms with Crippen LogP contribution in [0.15, 0.2) is 54.6 Å². The summed E-state index contributed by atoms with van der Waals surface area (Å²) in [5.41, 5.74) is 2.37. The first-order chi connectivity index (χ1) is 15.3. The summed E-state index contributed by atoms with van der Waals surface area (Å²) in [6, 6.07) is 14.7. The van der Waals surface area contributed by atoms with Gasteiger partial charge < -0.3 is 25.5 Å². The van der Waals surface area contributed by atoms with Crippen molar-refractivity contribution in [3.63, 3.8) is 0 Å². The summed E-state index contributed by atoms with van der Waals surface area (Å²) in [6.07, 6.45) is 0.254. The van der Waals surface area contributed by atoms with E-state index in [0.717, 1.165) is 37.4 Å². The lowest BCUT2D eigenvalue weighted by Crippen LogP contribution is -2.51. The van der Waals surface area contributed by atoms with E-state index in [9.17, 15) is 14.4 Å². The fourth-order valence-electron chi connectivity index (χ4n) is 3.56. The molecule has 8 heteroatoms. The normalized spacial score (nSPS) is 16.1. The van der Waals surface area contributed by atoms with Crippen molar-refractivity contribution < 1.29 is 19.5 Å². The number of amides is 2. The van der Waals surface area contributed by atoms with Gasteiger partial charge in [-0.25, -0.2) is 0 Å². The third kappa shape index (κ3) is 6.31. The van der Waals surface area contributed by atoms with Gasteiger partial charge in [-0.1, -0.05) is 30.3 Å². The van der Waals surface area contributed by atoms with Gasteiger partial charge in [0.2, 0.25) is 5.91 Å². The number of likely N-dealkylation sites (N-methyl/N-ethyl adjacent to an activating group) is 1. The molecule has 2 amide bonds. The van der Waals surface area contributed by atoms with Gasteiger partial charge >= 0.3 is 5.97 Å². The Balaban J connectivity index is 1.69. The number of carboxylic acids is 1. The molecule has 2 atom stereocenters. The summed E-state index contributed by atoms with van der Waals surface area (Å²) in [5.74, 6) is -2.05. The standard InChI is InChI=1S/C24H30N4O4/c1-17(24(31)32)25-23(30)21(16-18-6-4-3-5-7-18)26-22(29)19-8-10-20(11-9-19)28-14-12-27(2)13-15-28/h3-11,17,21H,12-16H2,1-2H3,(H,25,30)(H,26,29)(H,31,32)/t17-,21+/m0/s1. The minimum atomic E-state index is -1.14. The number of nitrogens with zero attached hydrogens (tertiary/aromatic N) is 2. The maximum Gasteiger partial charge on any atom is 0.325 e. The van der Waals surface area contributed by atoms with Gasteiger partial charge in [-0.05, 0) is 43.8 Å². The van der Waals surface area contributed by atoms with E-state index in [1.165, 1.54) is 6.92 Å². The van der Waals surface area contributed by atoms with Crippen LogP contribution in [0.2, 0.25) is 0 Å². The van der Waals surface area contributed by atoms with Crippen molar-refractivity contribution in [1.82, 2.24) is 15.5 Å². The van der Waals surface area contributed by atoms with Gasteiger partial charge in [-0.3, -0.25) is 14.4 Å². The van der Waals surface area contributed by atoms with Gasteiger partial charge in [-0.15, -0.1) is 0 Å². The molecule has 1 aliphatic rings. The smallest absolute Gasteiger partial charge is 0.325 e. The SMILES string of the molecule is C[C@H](NC(=O)[C@@H](Cc1ccccc1)NC(=O)c1ccc(N2CCN(C)CC2)cc1)C(=O)O. The van der Waals surface area contributed by atoms with Crippen LogP contribution in [-0.4, -0.2) is 73.1 Å². The Bertz CT molecular complexity index is 925. The molecule has 1 aliphatic heterocycles. The highest BCUT2D eigenvalue weighted by Crippen LogP contribution is 2.17. The first-order valence-corrected chi connectivity index (χ1v) is 10.7. The number of rotatable bonds is 8. The topological polar surface area (TPSA) is 102 Å². The molecule has 0 bridgehead atoms. The summed E-state index contributed by atoms with van der Waals surface area (Å²) in [7, 11) is 2.10. The highest BCUT2D eigenvalue weighted by molar-refractivity contribution is 5.98. The first-order valence-electron chi connectivity index (χ1n) is 10.7. The third-order valence-corrected chi connectivity index (χ3v) is 5.63. The molecule has 2 aromatic rings. The van der Waals surface area contributed by atoms with Crippen LogP contribution in [0.5, 0.6) is 0 Å². The Morgan fingerprint density at radius 3 is 2.16 bits per heavy atom. The van der Waals surface area contributed by atoms with Crippen LogP contribution < -0.4 is 15.5 Å². The van der Waals surface area contributed by atoms with E-state index in [0.29, 0.717) is 5.56 Å². The average Bonchev–Trinajstić information content (AvgIpc) is 2.79. The minimum absolute atomic E-state index is 0.254. The molecule has 0 aliphatic carbocycles. The Morgan fingerprint density at radius 2 is 1.56 bits per heavy atom. The van der Waals surface area contributed by atoms with Gasteiger partial charge in [0.25, 0.3) is 5.91 Å². The van der Waals surface area contributed by atoms with Gasteiger partial charge in [0.1, 0.15) is 12.1 Å². The quantitative estimate of drug-likeness (QED) is 0.575. The molecule has 1 fully saturated rings. The number of hydrogen-bond donors (Lipinski definition) is 3. The lowest BCUT2D eigenvalue weighted by molar-refractivity contribution is -0.141. The van der Waals surface area contributed by atoms with Crippen LogP contribution in [0.25, 0.3) is 0 Å². The van der Waals surface area contributed by atoms with E-state index in [1.807, 2.05) is 42.5 Å². The maximum atomic E-state index is 12.9. The molecule has 0 saturated carbocycles. The molecule has 0 radical (unpaired) electrons. The van der Waals surface area contributed by atoms with Crippen molar-refractivity contribution in [3.8, 4) is 0 Å². The number of anilines is 1. The number of hydrogen-bond acceptors (Lipinski definition) is 5. The number of carbonyl (C=O) groups excluding carboxylic acids is 2. The fraction of sp³-hybridized carbons (Fsp3) is 0.375. The van der Waals surface area contributed by atoms with Crippen molar-refractivity contribution in [2.75, 3.05) is 38.1 Å². The number of benzene rings is 2. The van der Waals surface area contributed by atoms with Crippen LogP contribution in [0.1, 0.15) is 22.8 Å². The molecular formula is C24H30N4O4. The molecule has 170 valence electrons. The fourth-order valence-corrected chi connectivity index (χ4v) is 3.56. The van der Waals surface area contributed by atoms with Crippen LogP contribution in [0.4, 0.5) is 5.69 Å². The summed E-state index contributed by atoms with van der Waals surface area (Å²) in [5, 5.41) is 14.3. The van der Waals surface area contributed by atoms with Gasteiger partial charge in [-0.2, -0.15) is 0 Å². The first kappa shape index (κ1) is 23.3. The van der Waals surface area contributed by atoms with Crippen molar-refractivity contribution in [1.29, 1.82) is 0 Å². The highest BCUT2D eigenvalue weighted by Gasteiger charge is 2.25. The minimum Gasteiger partial charge on any atom is -0.480 e. The zero-order valence-corrected chi connectivity index (χ0v) is 18.5. The Morgan fingerprint density at radius 1 is 0.938 bits per heavy atom. The zero-order valence-electron chi connectivity index (χ0n) is 18.5. The van der Waals surface area contributed by atoms with Crippen molar-refractivity contribution >= 4 is 23.5 Å². The Labute approximate surface area is 188 Å². The van der Waals surface area contributed by atoms with Crippen LogP contribution >= 0.6 is 0 Å². The monoisotopic (exact) mass is 438 g/mol. The summed E-state index contributed by atoms with van der Waals surface area (Å²) < 4.78 is 0. The van der Waals surface area contributed by atoms with Crippen molar-refractivity contribution in [2.45, 2.75) is 25.4 Å². The largest absolute Gasteiger partial charge is 0.480 e. The molecule has 3 rings (SSSR count). The van der Waals surface area contributed by atoms with E-state index >= 15 is 0 Å². The van der Waals surface area contributed by atoms with Crippen LogP contribution in [-0.2, 0) is 16.0 Å². The third-order valence-electron chi connectivity index (χ3n) is 5.63. The van der Waals surface area contributed by atoms with E-state index in [2.05, 4.69) is 27.5 Å². The number of aliphatic carboxylic acids is 1. The predicted octanol–water partition coefficient (Wildman–Crippen LogP) is 1.37. The van der Waals surface area contributed by atoms with Gasteiger partial charge in [0, 0.05) is 43.9 Å². The number of piperazine rings is 1. The molecule has 0 unspecified atom stereocenters.